The minimum Gasteiger partial charge on any atom is -0.455 e. The van der Waals surface area contributed by atoms with Crippen LogP contribution >= 0.6 is 0 Å². The van der Waals surface area contributed by atoms with Crippen LogP contribution in [0.5, 0.6) is 0 Å². The summed E-state index contributed by atoms with van der Waals surface area (Å²) in [6, 6.07) is 50.6. The summed E-state index contributed by atoms with van der Waals surface area (Å²) < 4.78 is 86.5. The molecule has 0 bridgehead atoms. The number of furan rings is 1. The van der Waals surface area contributed by atoms with Crippen molar-refractivity contribution in [1.82, 2.24) is 4.57 Å². The predicted octanol–water partition coefficient (Wildman–Crippen LogP) is 15.8. The van der Waals surface area contributed by atoms with Crippen molar-refractivity contribution in [2.45, 2.75) is 0 Å². The molecule has 0 N–H and O–H groups in total. The van der Waals surface area contributed by atoms with Crippen molar-refractivity contribution in [3.63, 3.8) is 0 Å². The van der Waals surface area contributed by atoms with Gasteiger partial charge in [-0.05, 0) is 106 Å². The van der Waals surface area contributed by atoms with E-state index >= 15 is 0 Å². The van der Waals surface area contributed by atoms with Gasteiger partial charge in [0.25, 0.3) is 0 Å². The van der Waals surface area contributed by atoms with E-state index in [0.717, 1.165) is 54.2 Å². The van der Waals surface area contributed by atoms with E-state index in [1.54, 1.807) is 22.8 Å². The first kappa shape index (κ1) is 26.1. The van der Waals surface area contributed by atoms with Crippen molar-refractivity contribution in [1.29, 1.82) is 0 Å². The molecular formula is C56H36N2O. The lowest BCUT2D eigenvalue weighted by Crippen LogP contribution is -2.11. The second-order valence-electron chi connectivity index (χ2n) is 14.6. The van der Waals surface area contributed by atoms with Gasteiger partial charge in [-0.1, -0.05) is 146 Å². The number of anilines is 3. The van der Waals surface area contributed by atoms with Crippen LogP contribution in [0.25, 0.3) is 93.2 Å². The molecule has 0 amide bonds. The number of hydrogen-bond donors (Lipinski definition) is 0. The summed E-state index contributed by atoms with van der Waals surface area (Å²) >= 11 is 0. The molecule has 3 nitrogen and oxygen atoms in total. The highest BCUT2D eigenvalue weighted by molar-refractivity contribution is 6.20. The molecule has 2 aromatic heterocycles. The topological polar surface area (TPSA) is 21.3 Å². The molecule has 0 atom stereocenters. The smallest absolute Gasteiger partial charge is 0.143 e. The molecule has 0 aliphatic rings. The van der Waals surface area contributed by atoms with Crippen LogP contribution in [0.4, 0.5) is 17.1 Å². The first-order chi connectivity index (χ1) is 32.6. The minimum absolute atomic E-state index is 0.0406. The number of aromatic nitrogens is 1. The Labute approximate surface area is 352 Å². The van der Waals surface area contributed by atoms with Crippen molar-refractivity contribution < 1.29 is 15.4 Å². The molecule has 0 aliphatic heterocycles. The van der Waals surface area contributed by atoms with Crippen LogP contribution in [-0.2, 0) is 0 Å². The zero-order valence-electron chi connectivity index (χ0n) is 39.5. The van der Waals surface area contributed by atoms with Crippen molar-refractivity contribution >= 4 is 82.4 Å². The summed E-state index contributed by atoms with van der Waals surface area (Å²) in [6.07, 6.45) is 0. The predicted molar refractivity (Wildman–Crippen MR) is 249 cm³/mol. The highest BCUT2D eigenvalue weighted by Gasteiger charge is 2.21. The summed E-state index contributed by atoms with van der Waals surface area (Å²) in [5.74, 6) is 0. The molecule has 3 heteroatoms. The molecule has 59 heavy (non-hydrogen) atoms. The highest BCUT2D eigenvalue weighted by Crippen LogP contribution is 2.46. The normalized spacial score (nSPS) is 13.6. The van der Waals surface area contributed by atoms with Crippen molar-refractivity contribution in [2.24, 2.45) is 0 Å². The molecule has 0 saturated heterocycles. The number of benzene rings is 10. The van der Waals surface area contributed by atoms with Gasteiger partial charge in [-0.15, -0.1) is 0 Å². The molecule has 0 aliphatic carbocycles. The SMILES string of the molecule is [2H]c1c([2H])c(N(c2ccccc2-c2cc3c4ccccc4oc3c3ccccc23)c2c([2H])c([2H])c(-n3c4ccccc4c4ccccc43)c([2H])c2[2H])c([2H])c([2H])c1-c1ccc2ccccc2c1. The van der Waals surface area contributed by atoms with E-state index in [0.29, 0.717) is 33.4 Å². The largest absolute Gasteiger partial charge is 0.455 e. The van der Waals surface area contributed by atoms with Gasteiger partial charge in [0.05, 0.1) is 27.7 Å². The van der Waals surface area contributed by atoms with Gasteiger partial charge in [0.1, 0.15) is 11.2 Å². The molecule has 12 aromatic rings. The molecule has 0 radical (unpaired) electrons. The van der Waals surface area contributed by atoms with Gasteiger partial charge in [-0.2, -0.15) is 0 Å². The van der Waals surface area contributed by atoms with Gasteiger partial charge in [0.15, 0.2) is 0 Å². The van der Waals surface area contributed by atoms with E-state index in [9.17, 15) is 11.0 Å². The van der Waals surface area contributed by atoms with E-state index in [-0.39, 0.29) is 46.8 Å². The maximum Gasteiger partial charge on any atom is 0.143 e. The van der Waals surface area contributed by atoms with Gasteiger partial charge in [-0.3, -0.25) is 0 Å². The van der Waals surface area contributed by atoms with Crippen LogP contribution in [0.2, 0.25) is 0 Å². The van der Waals surface area contributed by atoms with Crippen LogP contribution < -0.4 is 4.90 Å². The summed E-state index contributed by atoms with van der Waals surface area (Å²) in [5.41, 5.74) is 4.68. The number of rotatable bonds is 6. The lowest BCUT2D eigenvalue weighted by atomic mass is 9.93. The molecule has 12 rings (SSSR count). The lowest BCUT2D eigenvalue weighted by molar-refractivity contribution is 0.672. The summed E-state index contributed by atoms with van der Waals surface area (Å²) in [6.45, 7) is 0. The summed E-state index contributed by atoms with van der Waals surface area (Å²) in [4.78, 5) is 1.41. The van der Waals surface area contributed by atoms with Gasteiger partial charge in [0.2, 0.25) is 0 Å². The van der Waals surface area contributed by atoms with Gasteiger partial charge in [-0.25, -0.2) is 0 Å². The van der Waals surface area contributed by atoms with Gasteiger partial charge in [0, 0.05) is 49.6 Å². The minimum atomic E-state index is -0.427. The lowest BCUT2D eigenvalue weighted by Gasteiger charge is -2.28. The zero-order valence-corrected chi connectivity index (χ0v) is 31.5. The van der Waals surface area contributed by atoms with Crippen molar-refractivity contribution in [2.75, 3.05) is 4.90 Å². The molecule has 0 unspecified atom stereocenters. The quantitative estimate of drug-likeness (QED) is 0.168. The fourth-order valence-corrected chi connectivity index (χ4v) is 8.61. The Bertz CT molecular complexity index is 3950. The van der Waals surface area contributed by atoms with Crippen LogP contribution in [0.3, 0.4) is 0 Å². The van der Waals surface area contributed by atoms with Crippen molar-refractivity contribution in [3.05, 3.63) is 218 Å². The first-order valence-electron chi connectivity index (χ1n) is 23.5. The molecule has 0 saturated carbocycles. The van der Waals surface area contributed by atoms with Crippen molar-refractivity contribution in [3.8, 4) is 27.9 Å². The Kier molecular flexibility index (Phi) is 5.92. The van der Waals surface area contributed by atoms with Crippen LogP contribution in [0.1, 0.15) is 11.0 Å². The summed E-state index contributed by atoms with van der Waals surface area (Å²) in [5, 5.41) is 7.04. The van der Waals surface area contributed by atoms with Gasteiger partial charge < -0.3 is 13.9 Å². The first-order valence-corrected chi connectivity index (χ1v) is 19.5. The molecule has 276 valence electrons. The van der Waals surface area contributed by atoms with E-state index in [4.69, 9.17) is 4.42 Å². The van der Waals surface area contributed by atoms with E-state index in [1.807, 2.05) is 152 Å². The molecule has 0 spiro atoms. The Hall–Kier alpha value is -7.88. The maximum atomic E-state index is 9.93. The maximum absolute atomic E-state index is 9.93. The number of fused-ring (bicyclic) bond motifs is 9. The van der Waals surface area contributed by atoms with E-state index < -0.39 is 24.2 Å². The molecule has 10 aromatic carbocycles. The third-order valence-electron chi connectivity index (χ3n) is 11.3. The Morgan fingerprint density at radius 3 is 1.73 bits per heavy atom. The fraction of sp³-hybridized carbons (Fsp3) is 0. The zero-order chi connectivity index (χ0) is 45.8. The number of hydrogen-bond acceptors (Lipinski definition) is 2. The average molecular weight is 761 g/mol. The third kappa shape index (κ3) is 5.36. The van der Waals surface area contributed by atoms with Crippen LogP contribution in [0, 0.1) is 0 Å². The van der Waals surface area contributed by atoms with E-state index in [1.165, 1.54) is 4.90 Å². The van der Waals surface area contributed by atoms with Crippen LogP contribution in [0.15, 0.2) is 223 Å². The average Bonchev–Trinajstić information content (AvgIpc) is 3.91. The second kappa shape index (κ2) is 13.4. The standard InChI is InChI=1S/C56H36N2O/c1-2-14-39-35-40(26-25-37(39)13-1)38-27-29-41(30-28-38)57(42-31-33-43(34-32-42)58-53-22-10-5-16-45(53)46-17-6-11-23-54(46)58)52-21-9-7-18-47(52)50-36-51-48-19-8-12-24-55(48)59-56(51)49-20-4-3-15-44(49)50/h1-36H/i27D,28D,29D,30D,31D,32D,33D,34D. The summed E-state index contributed by atoms with van der Waals surface area (Å²) in [7, 11) is 0. The Morgan fingerprint density at radius 2 is 0.983 bits per heavy atom. The van der Waals surface area contributed by atoms with Crippen LogP contribution in [-0.4, -0.2) is 4.57 Å². The monoisotopic (exact) mass is 760 g/mol. The Balaban J connectivity index is 1.18. The molecule has 0 fully saturated rings. The third-order valence-corrected chi connectivity index (χ3v) is 11.3. The fourth-order valence-electron chi connectivity index (χ4n) is 8.61. The Morgan fingerprint density at radius 1 is 0.407 bits per heavy atom. The highest BCUT2D eigenvalue weighted by atomic mass is 16.3. The van der Waals surface area contributed by atoms with E-state index in [2.05, 4.69) is 0 Å². The number of nitrogens with zero attached hydrogens (tertiary/aromatic N) is 2. The molecule has 2 heterocycles. The number of para-hydroxylation sites is 4. The van der Waals surface area contributed by atoms with Gasteiger partial charge >= 0.3 is 0 Å². The molecular weight excluding hydrogens is 717 g/mol. The second-order valence-corrected chi connectivity index (χ2v) is 14.6.